The fraction of sp³-hybridized carbons (Fsp3) is 0.684. The van der Waals surface area contributed by atoms with Crippen molar-refractivity contribution in [2.24, 2.45) is 5.92 Å². The molecule has 1 fully saturated rings. The van der Waals surface area contributed by atoms with Crippen LogP contribution < -0.4 is 5.32 Å². The van der Waals surface area contributed by atoms with Gasteiger partial charge in [0.25, 0.3) is 0 Å². The van der Waals surface area contributed by atoms with E-state index in [0.717, 1.165) is 31.7 Å². The summed E-state index contributed by atoms with van der Waals surface area (Å²) in [6.07, 6.45) is 9.22. The van der Waals surface area contributed by atoms with E-state index in [0.29, 0.717) is 0 Å². The monoisotopic (exact) mass is 287 g/mol. The number of hydrogen-bond acceptors (Lipinski definition) is 2. The zero-order valence-electron chi connectivity index (χ0n) is 13.3. The SMILES string of the molecule is CCCC1CCCC(O)(C2NCCc3ccccc32)CC1. The summed E-state index contributed by atoms with van der Waals surface area (Å²) in [4.78, 5) is 0. The summed E-state index contributed by atoms with van der Waals surface area (Å²) in [6, 6.07) is 8.79. The third-order valence-electron chi connectivity index (χ3n) is 5.55. The summed E-state index contributed by atoms with van der Waals surface area (Å²) in [6.45, 7) is 3.26. The molecule has 0 spiro atoms. The van der Waals surface area contributed by atoms with Crippen molar-refractivity contribution >= 4 is 0 Å². The molecule has 3 atom stereocenters. The van der Waals surface area contributed by atoms with Crippen LogP contribution in [0.2, 0.25) is 0 Å². The Morgan fingerprint density at radius 3 is 2.95 bits per heavy atom. The maximum atomic E-state index is 11.3. The zero-order valence-corrected chi connectivity index (χ0v) is 13.3. The van der Waals surface area contributed by atoms with Crippen molar-refractivity contribution in [1.29, 1.82) is 0 Å². The molecule has 1 aliphatic heterocycles. The van der Waals surface area contributed by atoms with Crippen LogP contribution in [0.15, 0.2) is 24.3 Å². The first kappa shape index (κ1) is 15.1. The molecule has 1 aromatic carbocycles. The van der Waals surface area contributed by atoms with Crippen molar-refractivity contribution in [2.75, 3.05) is 6.54 Å². The topological polar surface area (TPSA) is 32.3 Å². The van der Waals surface area contributed by atoms with Crippen molar-refractivity contribution in [1.82, 2.24) is 5.32 Å². The largest absolute Gasteiger partial charge is 0.388 e. The van der Waals surface area contributed by atoms with Gasteiger partial charge in [-0.3, -0.25) is 0 Å². The van der Waals surface area contributed by atoms with E-state index < -0.39 is 5.60 Å². The van der Waals surface area contributed by atoms with E-state index in [2.05, 4.69) is 36.5 Å². The number of fused-ring (bicyclic) bond motifs is 1. The lowest BCUT2D eigenvalue weighted by molar-refractivity contribution is -0.0164. The van der Waals surface area contributed by atoms with Crippen LogP contribution in [0.5, 0.6) is 0 Å². The quantitative estimate of drug-likeness (QED) is 0.824. The standard InChI is InChI=1S/C19H29NO/c1-2-6-15-7-5-12-19(21,13-10-15)18-17-9-4-3-8-16(17)11-14-20-18/h3-4,8-9,15,18,20-21H,2,5-7,10-14H2,1H3. The number of rotatable bonds is 3. The summed E-state index contributed by atoms with van der Waals surface area (Å²) in [5, 5.41) is 15.0. The lowest BCUT2D eigenvalue weighted by Crippen LogP contribution is -2.47. The van der Waals surface area contributed by atoms with E-state index >= 15 is 0 Å². The van der Waals surface area contributed by atoms with Gasteiger partial charge in [0.15, 0.2) is 0 Å². The molecular weight excluding hydrogens is 258 g/mol. The highest BCUT2D eigenvalue weighted by molar-refractivity contribution is 5.34. The van der Waals surface area contributed by atoms with Gasteiger partial charge < -0.3 is 10.4 Å². The number of hydrogen-bond donors (Lipinski definition) is 2. The normalized spacial score (nSPS) is 33.2. The Balaban J connectivity index is 1.79. The Hall–Kier alpha value is -0.860. The van der Waals surface area contributed by atoms with E-state index in [4.69, 9.17) is 0 Å². The van der Waals surface area contributed by atoms with Gasteiger partial charge in [-0.2, -0.15) is 0 Å². The average Bonchev–Trinajstić information content (AvgIpc) is 2.70. The van der Waals surface area contributed by atoms with Crippen LogP contribution in [0.3, 0.4) is 0 Å². The van der Waals surface area contributed by atoms with E-state index in [1.54, 1.807) is 0 Å². The Labute approximate surface area is 129 Å². The number of aliphatic hydroxyl groups is 1. The number of benzene rings is 1. The minimum atomic E-state index is -0.557. The molecular formula is C19H29NO. The first-order valence-electron chi connectivity index (χ1n) is 8.76. The van der Waals surface area contributed by atoms with Gasteiger partial charge in [0.1, 0.15) is 0 Å². The van der Waals surface area contributed by atoms with Crippen molar-refractivity contribution in [3.8, 4) is 0 Å². The maximum Gasteiger partial charge on any atom is 0.0841 e. The summed E-state index contributed by atoms with van der Waals surface area (Å²) in [5.74, 6) is 0.822. The molecule has 0 radical (unpaired) electrons. The molecule has 3 rings (SSSR count). The second-order valence-corrected chi connectivity index (χ2v) is 7.03. The predicted molar refractivity (Wildman–Crippen MR) is 87.3 cm³/mol. The van der Waals surface area contributed by atoms with Crippen molar-refractivity contribution in [3.63, 3.8) is 0 Å². The van der Waals surface area contributed by atoms with Gasteiger partial charge in [-0.15, -0.1) is 0 Å². The van der Waals surface area contributed by atoms with E-state index in [9.17, 15) is 5.11 Å². The van der Waals surface area contributed by atoms with E-state index in [1.165, 1.54) is 43.2 Å². The lowest BCUT2D eigenvalue weighted by Gasteiger charge is -2.40. The molecule has 21 heavy (non-hydrogen) atoms. The summed E-state index contributed by atoms with van der Waals surface area (Å²) >= 11 is 0. The van der Waals surface area contributed by atoms with Crippen LogP contribution in [0, 0.1) is 5.92 Å². The minimum Gasteiger partial charge on any atom is -0.388 e. The first-order chi connectivity index (χ1) is 10.2. The van der Waals surface area contributed by atoms with Gasteiger partial charge in [0.05, 0.1) is 11.6 Å². The first-order valence-corrected chi connectivity index (χ1v) is 8.76. The molecule has 1 aromatic rings. The maximum absolute atomic E-state index is 11.3. The molecule has 2 heteroatoms. The molecule has 116 valence electrons. The Bertz CT molecular complexity index is 472. The summed E-state index contributed by atoms with van der Waals surface area (Å²) in [7, 11) is 0. The molecule has 1 heterocycles. The van der Waals surface area contributed by atoms with Crippen LogP contribution in [0.25, 0.3) is 0 Å². The smallest absolute Gasteiger partial charge is 0.0841 e. The fourth-order valence-electron chi connectivity index (χ4n) is 4.39. The third kappa shape index (κ3) is 3.17. The van der Waals surface area contributed by atoms with Crippen molar-refractivity contribution in [3.05, 3.63) is 35.4 Å². The third-order valence-corrected chi connectivity index (χ3v) is 5.55. The van der Waals surface area contributed by atoms with Gasteiger partial charge >= 0.3 is 0 Å². The zero-order chi connectivity index (χ0) is 14.7. The fourth-order valence-corrected chi connectivity index (χ4v) is 4.39. The Morgan fingerprint density at radius 2 is 2.10 bits per heavy atom. The highest BCUT2D eigenvalue weighted by Crippen LogP contribution is 2.41. The minimum absolute atomic E-state index is 0.128. The van der Waals surface area contributed by atoms with Gasteiger partial charge in [-0.1, -0.05) is 56.9 Å². The van der Waals surface area contributed by atoms with Gasteiger partial charge in [0, 0.05) is 0 Å². The predicted octanol–water partition coefficient (Wildman–Crippen LogP) is 3.98. The van der Waals surface area contributed by atoms with Gasteiger partial charge in [-0.05, 0) is 49.3 Å². The van der Waals surface area contributed by atoms with Gasteiger partial charge in [0.2, 0.25) is 0 Å². The molecule has 1 saturated carbocycles. The molecule has 2 nitrogen and oxygen atoms in total. The molecule has 0 bridgehead atoms. The van der Waals surface area contributed by atoms with Crippen molar-refractivity contribution < 1.29 is 5.11 Å². The van der Waals surface area contributed by atoms with Crippen LogP contribution in [-0.4, -0.2) is 17.3 Å². The van der Waals surface area contributed by atoms with E-state index in [1.807, 2.05) is 0 Å². The summed E-state index contributed by atoms with van der Waals surface area (Å²) in [5.41, 5.74) is 2.20. The highest BCUT2D eigenvalue weighted by Gasteiger charge is 2.40. The molecule has 1 aliphatic carbocycles. The number of nitrogens with one attached hydrogen (secondary N) is 1. The average molecular weight is 287 g/mol. The van der Waals surface area contributed by atoms with Gasteiger partial charge in [-0.25, -0.2) is 0 Å². The highest BCUT2D eigenvalue weighted by atomic mass is 16.3. The lowest BCUT2D eigenvalue weighted by atomic mass is 9.78. The molecule has 2 aliphatic rings. The van der Waals surface area contributed by atoms with Crippen LogP contribution in [0.4, 0.5) is 0 Å². The van der Waals surface area contributed by atoms with Crippen LogP contribution in [0.1, 0.15) is 69.0 Å². The van der Waals surface area contributed by atoms with Crippen LogP contribution in [-0.2, 0) is 6.42 Å². The Morgan fingerprint density at radius 1 is 1.24 bits per heavy atom. The summed E-state index contributed by atoms with van der Waals surface area (Å²) < 4.78 is 0. The second-order valence-electron chi connectivity index (χ2n) is 7.03. The molecule has 0 saturated heterocycles. The molecule has 0 amide bonds. The molecule has 2 N–H and O–H groups in total. The van der Waals surface area contributed by atoms with Crippen molar-refractivity contribution in [2.45, 2.75) is 69.9 Å². The second kappa shape index (κ2) is 6.50. The Kier molecular flexibility index (Phi) is 4.66. The molecule has 0 aromatic heterocycles. The molecule has 3 unspecified atom stereocenters. The van der Waals surface area contributed by atoms with E-state index in [-0.39, 0.29) is 6.04 Å². The van der Waals surface area contributed by atoms with Crippen LogP contribution >= 0.6 is 0 Å².